The van der Waals surface area contributed by atoms with Crippen LogP contribution in [-0.2, 0) is 13.0 Å². The average molecular weight is 252 g/mol. The predicted octanol–water partition coefficient (Wildman–Crippen LogP) is 2.74. The first-order chi connectivity index (χ1) is 8.24. The number of aryl methyl sites for hydroxylation is 1. The predicted molar refractivity (Wildman–Crippen MR) is 75.6 cm³/mol. The average Bonchev–Trinajstić information content (AvgIpc) is 2.76. The lowest BCUT2D eigenvalue weighted by Crippen LogP contribution is -2.46. The molecule has 1 aliphatic heterocycles. The minimum atomic E-state index is 0.709. The smallest absolute Gasteiger partial charge is 0.0330 e. The van der Waals surface area contributed by atoms with Crippen LogP contribution in [0.2, 0.25) is 0 Å². The molecule has 0 saturated carbocycles. The second-order valence-electron chi connectivity index (χ2n) is 5.12. The fourth-order valence-corrected chi connectivity index (χ4v) is 3.85. The molecule has 2 heterocycles. The maximum Gasteiger partial charge on any atom is 0.0330 e. The standard InChI is InChI=1S/C14H24N2S/c1-4-12-6-8-17-14(12)10-16-7-5-13(15-3)11(2)9-16/h6,8,11,13,15H,4-5,7,9-10H2,1-3H3. The van der Waals surface area contributed by atoms with Crippen molar-refractivity contribution >= 4 is 11.3 Å². The SMILES string of the molecule is CCc1ccsc1CN1CCC(NC)C(C)C1. The molecular formula is C14H24N2S. The van der Waals surface area contributed by atoms with Crippen LogP contribution >= 0.6 is 11.3 Å². The topological polar surface area (TPSA) is 15.3 Å². The molecular weight excluding hydrogens is 228 g/mol. The van der Waals surface area contributed by atoms with Gasteiger partial charge in [0.1, 0.15) is 0 Å². The molecule has 0 spiro atoms. The Morgan fingerprint density at radius 3 is 3.00 bits per heavy atom. The molecule has 2 rings (SSSR count). The van der Waals surface area contributed by atoms with E-state index in [2.05, 4.69) is 42.6 Å². The van der Waals surface area contributed by atoms with E-state index in [0.717, 1.165) is 12.5 Å². The molecule has 2 atom stereocenters. The lowest BCUT2D eigenvalue weighted by molar-refractivity contribution is 0.146. The number of likely N-dealkylation sites (tertiary alicyclic amines) is 1. The lowest BCUT2D eigenvalue weighted by Gasteiger charge is -2.36. The zero-order chi connectivity index (χ0) is 12.3. The highest BCUT2D eigenvalue weighted by atomic mass is 32.1. The largest absolute Gasteiger partial charge is 0.317 e. The molecule has 1 N–H and O–H groups in total. The Kier molecular flexibility index (Phi) is 4.60. The van der Waals surface area contributed by atoms with E-state index in [9.17, 15) is 0 Å². The van der Waals surface area contributed by atoms with Crippen molar-refractivity contribution in [3.05, 3.63) is 21.9 Å². The summed E-state index contributed by atoms with van der Waals surface area (Å²) in [6.45, 7) is 8.23. The third-order valence-corrected chi connectivity index (χ3v) is 4.89. The van der Waals surface area contributed by atoms with Crippen LogP contribution in [0.3, 0.4) is 0 Å². The van der Waals surface area contributed by atoms with Gasteiger partial charge in [0.25, 0.3) is 0 Å². The van der Waals surface area contributed by atoms with Crippen LogP contribution in [0.1, 0.15) is 30.7 Å². The maximum atomic E-state index is 3.43. The fraction of sp³-hybridized carbons (Fsp3) is 0.714. The van der Waals surface area contributed by atoms with Gasteiger partial charge in [0.05, 0.1) is 0 Å². The number of nitrogens with zero attached hydrogens (tertiary/aromatic N) is 1. The fourth-order valence-electron chi connectivity index (χ4n) is 2.83. The van der Waals surface area contributed by atoms with Crippen molar-refractivity contribution in [2.45, 2.75) is 39.3 Å². The summed E-state index contributed by atoms with van der Waals surface area (Å²) in [7, 11) is 2.09. The Hall–Kier alpha value is -0.380. The molecule has 0 aromatic carbocycles. The van der Waals surface area contributed by atoms with E-state index < -0.39 is 0 Å². The first kappa shape index (κ1) is 13.1. The third-order valence-electron chi connectivity index (χ3n) is 3.95. The van der Waals surface area contributed by atoms with Gasteiger partial charge in [0.15, 0.2) is 0 Å². The molecule has 17 heavy (non-hydrogen) atoms. The van der Waals surface area contributed by atoms with E-state index in [-0.39, 0.29) is 0 Å². The van der Waals surface area contributed by atoms with Crippen molar-refractivity contribution in [1.29, 1.82) is 0 Å². The molecule has 96 valence electrons. The maximum absolute atomic E-state index is 3.43. The molecule has 2 unspecified atom stereocenters. The zero-order valence-electron chi connectivity index (χ0n) is 11.2. The summed E-state index contributed by atoms with van der Waals surface area (Å²) in [6, 6.07) is 2.99. The summed E-state index contributed by atoms with van der Waals surface area (Å²) >= 11 is 1.92. The lowest BCUT2D eigenvalue weighted by atomic mass is 9.94. The van der Waals surface area contributed by atoms with Crippen molar-refractivity contribution in [3.8, 4) is 0 Å². The highest BCUT2D eigenvalue weighted by molar-refractivity contribution is 7.10. The Morgan fingerprint density at radius 1 is 1.53 bits per heavy atom. The number of hydrogen-bond acceptors (Lipinski definition) is 3. The van der Waals surface area contributed by atoms with Gasteiger partial charge in [-0.1, -0.05) is 13.8 Å². The Morgan fingerprint density at radius 2 is 2.35 bits per heavy atom. The second-order valence-corrected chi connectivity index (χ2v) is 6.12. The summed E-state index contributed by atoms with van der Waals surface area (Å²) in [5.74, 6) is 0.763. The van der Waals surface area contributed by atoms with Gasteiger partial charge in [-0.25, -0.2) is 0 Å². The first-order valence-corrected chi connectivity index (χ1v) is 7.57. The minimum absolute atomic E-state index is 0.709. The zero-order valence-corrected chi connectivity index (χ0v) is 12.0. The van der Waals surface area contributed by atoms with E-state index in [0.29, 0.717) is 6.04 Å². The van der Waals surface area contributed by atoms with Crippen molar-refractivity contribution in [2.75, 3.05) is 20.1 Å². The van der Waals surface area contributed by atoms with Crippen LogP contribution in [0.25, 0.3) is 0 Å². The van der Waals surface area contributed by atoms with Gasteiger partial charge in [-0.05, 0) is 42.8 Å². The van der Waals surface area contributed by atoms with Crippen LogP contribution in [0.15, 0.2) is 11.4 Å². The molecule has 0 radical (unpaired) electrons. The van der Waals surface area contributed by atoms with Gasteiger partial charge in [-0.15, -0.1) is 11.3 Å². The summed E-state index contributed by atoms with van der Waals surface area (Å²) in [6.07, 6.45) is 2.45. The summed E-state index contributed by atoms with van der Waals surface area (Å²) in [4.78, 5) is 4.19. The second kappa shape index (κ2) is 5.98. The molecule has 1 aromatic heterocycles. The van der Waals surface area contributed by atoms with Gasteiger partial charge in [0.2, 0.25) is 0 Å². The molecule has 1 aromatic rings. The van der Waals surface area contributed by atoms with Gasteiger partial charge in [-0.2, -0.15) is 0 Å². The molecule has 2 nitrogen and oxygen atoms in total. The van der Waals surface area contributed by atoms with Crippen LogP contribution in [0.4, 0.5) is 0 Å². The van der Waals surface area contributed by atoms with E-state index >= 15 is 0 Å². The van der Waals surface area contributed by atoms with Crippen LogP contribution in [-0.4, -0.2) is 31.1 Å². The molecule has 0 aliphatic carbocycles. The number of hydrogen-bond donors (Lipinski definition) is 1. The van der Waals surface area contributed by atoms with Gasteiger partial charge in [-0.3, -0.25) is 4.90 Å². The van der Waals surface area contributed by atoms with Crippen molar-refractivity contribution < 1.29 is 0 Å². The van der Waals surface area contributed by atoms with E-state index in [1.54, 1.807) is 10.4 Å². The van der Waals surface area contributed by atoms with Crippen molar-refractivity contribution in [1.82, 2.24) is 10.2 Å². The monoisotopic (exact) mass is 252 g/mol. The van der Waals surface area contributed by atoms with Crippen LogP contribution in [0.5, 0.6) is 0 Å². The van der Waals surface area contributed by atoms with Crippen LogP contribution in [0, 0.1) is 5.92 Å². The minimum Gasteiger partial charge on any atom is -0.317 e. The summed E-state index contributed by atoms with van der Waals surface area (Å²) < 4.78 is 0. The normalized spacial score (nSPS) is 26.3. The van der Waals surface area contributed by atoms with Gasteiger partial charge in [0, 0.05) is 30.6 Å². The van der Waals surface area contributed by atoms with Crippen LogP contribution < -0.4 is 5.32 Å². The third kappa shape index (κ3) is 3.09. The molecule has 1 aliphatic rings. The van der Waals surface area contributed by atoms with E-state index in [1.807, 2.05) is 11.3 Å². The molecule has 0 amide bonds. The molecule has 1 saturated heterocycles. The molecule has 0 bridgehead atoms. The van der Waals surface area contributed by atoms with Gasteiger partial charge >= 0.3 is 0 Å². The highest BCUT2D eigenvalue weighted by Gasteiger charge is 2.25. The Labute approximate surface area is 109 Å². The number of nitrogens with one attached hydrogen (secondary N) is 1. The van der Waals surface area contributed by atoms with E-state index in [4.69, 9.17) is 0 Å². The first-order valence-electron chi connectivity index (χ1n) is 6.69. The molecule has 1 fully saturated rings. The quantitative estimate of drug-likeness (QED) is 0.886. The van der Waals surface area contributed by atoms with E-state index in [1.165, 1.54) is 25.9 Å². The van der Waals surface area contributed by atoms with Crippen molar-refractivity contribution in [2.24, 2.45) is 5.92 Å². The number of thiophene rings is 1. The Balaban J connectivity index is 1.93. The highest BCUT2D eigenvalue weighted by Crippen LogP contribution is 2.23. The summed E-state index contributed by atoms with van der Waals surface area (Å²) in [5, 5.41) is 5.67. The number of rotatable bonds is 4. The Bertz CT molecular complexity index is 348. The van der Waals surface area contributed by atoms with Gasteiger partial charge < -0.3 is 5.32 Å². The molecule has 3 heteroatoms. The summed E-state index contributed by atoms with van der Waals surface area (Å²) in [5.41, 5.74) is 1.54. The van der Waals surface area contributed by atoms with Crippen molar-refractivity contribution in [3.63, 3.8) is 0 Å². The number of piperidine rings is 1.